The lowest BCUT2D eigenvalue weighted by molar-refractivity contribution is 0.0536. The predicted octanol–water partition coefficient (Wildman–Crippen LogP) is 1.58. The number of hydrogen-bond donors (Lipinski definition) is 2. The van der Waals surface area contributed by atoms with Gasteiger partial charge in [-0.15, -0.1) is 0 Å². The molecular formula is C12H16BrN3O2. The Kier molecular flexibility index (Phi) is 4.54. The van der Waals surface area contributed by atoms with Gasteiger partial charge in [0.1, 0.15) is 5.82 Å². The molecule has 0 saturated carbocycles. The molecule has 6 heteroatoms. The first-order valence-corrected chi connectivity index (χ1v) is 6.73. The minimum absolute atomic E-state index is 0.188. The normalized spacial score (nSPS) is 19.5. The fraction of sp³-hybridized carbons (Fsp3) is 0.500. The van der Waals surface area contributed by atoms with Gasteiger partial charge < -0.3 is 15.8 Å². The second-order valence-electron chi connectivity index (χ2n) is 4.38. The van der Waals surface area contributed by atoms with Gasteiger partial charge in [0.05, 0.1) is 12.2 Å². The maximum Gasteiger partial charge on any atom is 0.255 e. The lowest BCUT2D eigenvalue weighted by Crippen LogP contribution is -2.33. The van der Waals surface area contributed by atoms with Crippen molar-refractivity contribution < 1.29 is 9.53 Å². The molecule has 1 fully saturated rings. The number of halogens is 1. The molecular weight excluding hydrogens is 298 g/mol. The molecule has 1 aliphatic heterocycles. The van der Waals surface area contributed by atoms with Crippen molar-refractivity contribution in [1.29, 1.82) is 0 Å². The van der Waals surface area contributed by atoms with E-state index >= 15 is 0 Å². The van der Waals surface area contributed by atoms with Gasteiger partial charge in [0.2, 0.25) is 0 Å². The number of carbonyl (C=O) groups excluding carboxylic acids is 1. The van der Waals surface area contributed by atoms with Gasteiger partial charge in [-0.25, -0.2) is 4.98 Å². The third kappa shape index (κ3) is 3.43. The second kappa shape index (κ2) is 6.15. The number of carbonyl (C=O) groups is 1. The minimum atomic E-state index is -0.188. The lowest BCUT2D eigenvalue weighted by atomic mass is 10.0. The molecule has 0 aromatic carbocycles. The monoisotopic (exact) mass is 313 g/mol. The SMILES string of the molecule is Nc1ncc(Br)cc1C(=O)NCC1CCCOC1. The summed E-state index contributed by atoms with van der Waals surface area (Å²) in [5.74, 6) is 0.450. The summed E-state index contributed by atoms with van der Waals surface area (Å²) in [7, 11) is 0. The molecule has 1 aliphatic rings. The van der Waals surface area contributed by atoms with Crippen LogP contribution in [0.25, 0.3) is 0 Å². The molecule has 1 aromatic heterocycles. The second-order valence-corrected chi connectivity index (χ2v) is 5.30. The molecule has 1 amide bonds. The van der Waals surface area contributed by atoms with Gasteiger partial charge in [0.25, 0.3) is 5.91 Å². The number of nitrogens with zero attached hydrogens (tertiary/aromatic N) is 1. The quantitative estimate of drug-likeness (QED) is 0.888. The Morgan fingerprint density at radius 3 is 3.22 bits per heavy atom. The number of pyridine rings is 1. The van der Waals surface area contributed by atoms with E-state index in [-0.39, 0.29) is 11.7 Å². The number of nitrogens with one attached hydrogen (secondary N) is 1. The van der Waals surface area contributed by atoms with Crippen LogP contribution in [0.15, 0.2) is 16.7 Å². The van der Waals surface area contributed by atoms with Gasteiger partial charge >= 0.3 is 0 Å². The highest BCUT2D eigenvalue weighted by atomic mass is 79.9. The number of rotatable bonds is 3. The van der Waals surface area contributed by atoms with E-state index in [1.165, 1.54) is 0 Å². The topological polar surface area (TPSA) is 77.2 Å². The van der Waals surface area contributed by atoms with E-state index in [0.29, 0.717) is 24.6 Å². The molecule has 98 valence electrons. The van der Waals surface area contributed by atoms with E-state index in [2.05, 4.69) is 26.2 Å². The van der Waals surface area contributed by atoms with Crippen LogP contribution in [0.3, 0.4) is 0 Å². The molecule has 1 aromatic rings. The maximum atomic E-state index is 12.0. The molecule has 1 saturated heterocycles. The van der Waals surface area contributed by atoms with Crippen molar-refractivity contribution in [2.75, 3.05) is 25.5 Å². The van der Waals surface area contributed by atoms with Crippen molar-refractivity contribution >= 4 is 27.7 Å². The zero-order valence-corrected chi connectivity index (χ0v) is 11.6. The van der Waals surface area contributed by atoms with E-state index in [0.717, 1.165) is 23.9 Å². The summed E-state index contributed by atoms with van der Waals surface area (Å²) < 4.78 is 6.11. The largest absolute Gasteiger partial charge is 0.383 e. The van der Waals surface area contributed by atoms with Crippen LogP contribution in [0.5, 0.6) is 0 Å². The van der Waals surface area contributed by atoms with Crippen molar-refractivity contribution in [3.05, 3.63) is 22.3 Å². The number of amides is 1. The fourth-order valence-corrected chi connectivity index (χ4v) is 2.26. The Bertz CT molecular complexity index is 433. The first-order valence-electron chi connectivity index (χ1n) is 5.94. The Morgan fingerprint density at radius 1 is 1.67 bits per heavy atom. The van der Waals surface area contributed by atoms with E-state index in [1.54, 1.807) is 12.3 Å². The number of ether oxygens (including phenoxy) is 1. The van der Waals surface area contributed by atoms with E-state index < -0.39 is 0 Å². The Hall–Kier alpha value is -1.14. The summed E-state index contributed by atoms with van der Waals surface area (Å²) in [6.45, 7) is 2.16. The third-order valence-corrected chi connectivity index (χ3v) is 3.37. The van der Waals surface area contributed by atoms with Crippen LogP contribution in [0, 0.1) is 5.92 Å². The fourth-order valence-electron chi connectivity index (χ4n) is 1.93. The molecule has 2 heterocycles. The molecule has 5 nitrogen and oxygen atoms in total. The minimum Gasteiger partial charge on any atom is -0.383 e. The zero-order valence-electron chi connectivity index (χ0n) is 9.99. The smallest absolute Gasteiger partial charge is 0.255 e. The molecule has 1 atom stereocenters. The molecule has 18 heavy (non-hydrogen) atoms. The van der Waals surface area contributed by atoms with Crippen LogP contribution in [-0.4, -0.2) is 30.6 Å². The predicted molar refractivity (Wildman–Crippen MR) is 72.2 cm³/mol. The summed E-state index contributed by atoms with van der Waals surface area (Å²) in [6, 6.07) is 1.68. The molecule has 0 spiro atoms. The Balaban J connectivity index is 1.92. The molecule has 2 rings (SSSR count). The molecule has 3 N–H and O–H groups in total. The lowest BCUT2D eigenvalue weighted by Gasteiger charge is -2.22. The van der Waals surface area contributed by atoms with E-state index in [4.69, 9.17) is 10.5 Å². The van der Waals surface area contributed by atoms with Crippen LogP contribution in [-0.2, 0) is 4.74 Å². The van der Waals surface area contributed by atoms with Crippen molar-refractivity contribution in [2.24, 2.45) is 5.92 Å². The zero-order chi connectivity index (χ0) is 13.0. The van der Waals surface area contributed by atoms with Gasteiger partial charge in [0.15, 0.2) is 0 Å². The van der Waals surface area contributed by atoms with Crippen molar-refractivity contribution in [1.82, 2.24) is 10.3 Å². The molecule has 0 radical (unpaired) electrons. The number of anilines is 1. The highest BCUT2D eigenvalue weighted by Crippen LogP contribution is 2.16. The van der Waals surface area contributed by atoms with Gasteiger partial charge in [-0.1, -0.05) is 0 Å². The van der Waals surface area contributed by atoms with Crippen LogP contribution >= 0.6 is 15.9 Å². The van der Waals surface area contributed by atoms with Crippen molar-refractivity contribution in [3.63, 3.8) is 0 Å². The summed E-state index contributed by atoms with van der Waals surface area (Å²) in [4.78, 5) is 15.9. The van der Waals surface area contributed by atoms with Crippen molar-refractivity contribution in [3.8, 4) is 0 Å². The third-order valence-electron chi connectivity index (χ3n) is 2.94. The highest BCUT2D eigenvalue weighted by molar-refractivity contribution is 9.10. The number of nitrogen functional groups attached to an aromatic ring is 1. The van der Waals surface area contributed by atoms with E-state index in [1.807, 2.05) is 0 Å². The van der Waals surface area contributed by atoms with Crippen LogP contribution in [0.1, 0.15) is 23.2 Å². The summed E-state index contributed by atoms with van der Waals surface area (Å²) >= 11 is 3.27. The van der Waals surface area contributed by atoms with Gasteiger partial charge in [-0.2, -0.15) is 0 Å². The van der Waals surface area contributed by atoms with Gasteiger partial charge in [-0.05, 0) is 40.8 Å². The number of hydrogen-bond acceptors (Lipinski definition) is 4. The molecule has 0 bridgehead atoms. The van der Waals surface area contributed by atoms with Crippen LogP contribution < -0.4 is 11.1 Å². The maximum absolute atomic E-state index is 12.0. The Labute approximate surface area is 114 Å². The van der Waals surface area contributed by atoms with Crippen molar-refractivity contribution in [2.45, 2.75) is 12.8 Å². The average Bonchev–Trinajstić information content (AvgIpc) is 2.40. The Morgan fingerprint density at radius 2 is 2.50 bits per heavy atom. The standard InChI is InChI=1S/C12H16BrN3O2/c13-9-4-10(11(14)15-6-9)12(17)16-5-8-2-1-3-18-7-8/h4,6,8H,1-3,5,7H2,(H2,14,15)(H,16,17). The molecule has 0 aliphatic carbocycles. The van der Waals surface area contributed by atoms with Crippen LogP contribution in [0.4, 0.5) is 5.82 Å². The number of nitrogens with two attached hydrogens (primary N) is 1. The van der Waals surface area contributed by atoms with Crippen LogP contribution in [0.2, 0.25) is 0 Å². The summed E-state index contributed by atoms with van der Waals surface area (Å²) in [5, 5.41) is 2.88. The van der Waals surface area contributed by atoms with Gasteiger partial charge in [-0.3, -0.25) is 4.79 Å². The summed E-state index contributed by atoms with van der Waals surface area (Å²) in [5.41, 5.74) is 6.09. The van der Waals surface area contributed by atoms with Gasteiger partial charge in [0, 0.05) is 23.8 Å². The summed E-state index contributed by atoms with van der Waals surface area (Å²) in [6.07, 6.45) is 3.72. The first-order chi connectivity index (χ1) is 8.66. The molecule has 1 unspecified atom stereocenters. The number of aromatic nitrogens is 1. The van der Waals surface area contributed by atoms with E-state index in [9.17, 15) is 4.79 Å². The highest BCUT2D eigenvalue weighted by Gasteiger charge is 2.16. The first kappa shape index (κ1) is 13.3. The average molecular weight is 314 g/mol.